The molecule has 0 radical (unpaired) electrons. The van der Waals surface area contributed by atoms with Gasteiger partial charge in [-0.15, -0.1) is 0 Å². The molecule has 138 valence electrons. The Labute approximate surface area is 156 Å². The molecule has 1 heterocycles. The predicted molar refractivity (Wildman–Crippen MR) is 96.6 cm³/mol. The van der Waals surface area contributed by atoms with Crippen LogP contribution in [0.4, 0.5) is 10.5 Å². The number of hydrogen-bond acceptors (Lipinski definition) is 6. The van der Waals surface area contributed by atoms with Crippen LogP contribution in [0, 0.1) is 11.3 Å². The number of hydrogen-bond donors (Lipinski definition) is 0. The molecule has 0 bridgehead atoms. The van der Waals surface area contributed by atoms with Crippen molar-refractivity contribution in [2.45, 2.75) is 19.1 Å². The van der Waals surface area contributed by atoms with Crippen molar-refractivity contribution in [1.82, 2.24) is 0 Å². The van der Waals surface area contributed by atoms with Crippen molar-refractivity contribution in [2.24, 2.45) is 0 Å². The molecule has 2 atom stereocenters. The lowest BCUT2D eigenvalue weighted by Gasteiger charge is -2.19. The van der Waals surface area contributed by atoms with Crippen LogP contribution in [0.2, 0.25) is 0 Å². The van der Waals surface area contributed by atoms with Gasteiger partial charge in [-0.05, 0) is 55.5 Å². The molecule has 0 aliphatic carbocycles. The van der Waals surface area contributed by atoms with Crippen LogP contribution in [0.5, 0.6) is 5.75 Å². The lowest BCUT2D eigenvalue weighted by Crippen LogP contribution is -2.33. The Morgan fingerprint density at radius 3 is 2.48 bits per heavy atom. The van der Waals surface area contributed by atoms with Gasteiger partial charge < -0.3 is 14.2 Å². The number of anilines is 1. The lowest BCUT2D eigenvalue weighted by atomic mass is 10.2. The standard InChI is InChI=1S/C20H18N2O5/c1-13(26-17-9-5-15(6-10-17)19(23)25-2)18-12-22(20(24)27-18)16-7-3-14(11-21)4-8-16/h3-10,13,18H,12H2,1-2H3. The zero-order valence-electron chi connectivity index (χ0n) is 14.9. The highest BCUT2D eigenvalue weighted by molar-refractivity contribution is 5.90. The van der Waals surface area contributed by atoms with E-state index in [4.69, 9.17) is 14.7 Å². The summed E-state index contributed by atoms with van der Waals surface area (Å²) >= 11 is 0. The molecule has 1 fully saturated rings. The van der Waals surface area contributed by atoms with Gasteiger partial charge in [0.15, 0.2) is 6.10 Å². The monoisotopic (exact) mass is 366 g/mol. The third-order valence-corrected chi connectivity index (χ3v) is 4.26. The Kier molecular flexibility index (Phi) is 5.27. The number of benzene rings is 2. The van der Waals surface area contributed by atoms with E-state index in [1.807, 2.05) is 13.0 Å². The average molecular weight is 366 g/mol. The van der Waals surface area contributed by atoms with E-state index >= 15 is 0 Å². The molecule has 1 saturated heterocycles. The second-order valence-electron chi connectivity index (χ2n) is 6.03. The fourth-order valence-corrected chi connectivity index (χ4v) is 2.73. The first-order valence-electron chi connectivity index (χ1n) is 8.35. The lowest BCUT2D eigenvalue weighted by molar-refractivity contribution is 0.0573. The van der Waals surface area contributed by atoms with Crippen LogP contribution < -0.4 is 9.64 Å². The number of nitrogens with zero attached hydrogens (tertiary/aromatic N) is 2. The van der Waals surface area contributed by atoms with Crippen LogP contribution in [-0.2, 0) is 9.47 Å². The molecule has 2 unspecified atom stereocenters. The summed E-state index contributed by atoms with van der Waals surface area (Å²) in [4.78, 5) is 25.1. The molecule has 0 N–H and O–H groups in total. The summed E-state index contributed by atoms with van der Waals surface area (Å²) in [6.07, 6.45) is -1.30. The highest BCUT2D eigenvalue weighted by atomic mass is 16.6. The van der Waals surface area contributed by atoms with Crippen LogP contribution in [-0.4, -0.2) is 37.9 Å². The van der Waals surface area contributed by atoms with Gasteiger partial charge in [0.1, 0.15) is 11.9 Å². The average Bonchev–Trinajstić information content (AvgIpc) is 3.10. The topological polar surface area (TPSA) is 88.9 Å². The number of esters is 1. The number of amides is 1. The van der Waals surface area contributed by atoms with E-state index in [-0.39, 0.29) is 6.10 Å². The first kappa shape index (κ1) is 18.3. The van der Waals surface area contributed by atoms with Gasteiger partial charge in [0.05, 0.1) is 30.9 Å². The van der Waals surface area contributed by atoms with E-state index in [0.717, 1.165) is 0 Å². The number of carbonyl (C=O) groups excluding carboxylic acids is 2. The maximum Gasteiger partial charge on any atom is 0.414 e. The Hall–Kier alpha value is -3.53. The third kappa shape index (κ3) is 4.01. The SMILES string of the molecule is COC(=O)c1ccc(OC(C)C2CN(c3ccc(C#N)cc3)C(=O)O2)cc1. The highest BCUT2D eigenvalue weighted by Gasteiger charge is 2.36. The zero-order chi connectivity index (χ0) is 19.4. The van der Waals surface area contributed by atoms with Crippen LogP contribution >= 0.6 is 0 Å². The van der Waals surface area contributed by atoms with Crippen molar-refractivity contribution < 1.29 is 23.8 Å². The molecule has 7 heteroatoms. The molecule has 0 spiro atoms. The van der Waals surface area contributed by atoms with E-state index in [1.165, 1.54) is 12.0 Å². The van der Waals surface area contributed by atoms with Crippen LogP contribution in [0.3, 0.4) is 0 Å². The van der Waals surface area contributed by atoms with Gasteiger partial charge >= 0.3 is 12.1 Å². The minimum atomic E-state index is -0.457. The smallest absolute Gasteiger partial charge is 0.414 e. The highest BCUT2D eigenvalue weighted by Crippen LogP contribution is 2.25. The molecule has 7 nitrogen and oxygen atoms in total. The summed E-state index contributed by atoms with van der Waals surface area (Å²) in [7, 11) is 1.32. The summed E-state index contributed by atoms with van der Waals surface area (Å²) in [6.45, 7) is 2.15. The number of cyclic esters (lactones) is 1. The largest absolute Gasteiger partial charge is 0.487 e. The van der Waals surface area contributed by atoms with Crippen LogP contribution in [0.15, 0.2) is 48.5 Å². The fraction of sp³-hybridized carbons (Fsp3) is 0.250. The van der Waals surface area contributed by atoms with Gasteiger partial charge in [-0.25, -0.2) is 9.59 Å². The normalized spacial score (nSPS) is 17.0. The van der Waals surface area contributed by atoms with Gasteiger partial charge in [0, 0.05) is 5.69 Å². The first-order chi connectivity index (χ1) is 13.0. The van der Waals surface area contributed by atoms with E-state index in [2.05, 4.69) is 4.74 Å². The van der Waals surface area contributed by atoms with Crippen molar-refractivity contribution in [3.8, 4) is 11.8 Å². The van der Waals surface area contributed by atoms with Crippen molar-refractivity contribution in [3.05, 3.63) is 59.7 Å². The predicted octanol–water partition coefficient (Wildman–Crippen LogP) is 3.14. The van der Waals surface area contributed by atoms with E-state index in [1.54, 1.807) is 48.5 Å². The fourth-order valence-electron chi connectivity index (χ4n) is 2.73. The molecule has 0 saturated carbocycles. The molecule has 1 aliphatic rings. The van der Waals surface area contributed by atoms with Crippen molar-refractivity contribution in [3.63, 3.8) is 0 Å². The maximum atomic E-state index is 12.2. The van der Waals surface area contributed by atoms with E-state index < -0.39 is 18.2 Å². The zero-order valence-corrected chi connectivity index (χ0v) is 14.9. The summed E-state index contributed by atoms with van der Waals surface area (Å²) in [5.41, 5.74) is 1.61. The van der Waals surface area contributed by atoms with Crippen LogP contribution in [0.25, 0.3) is 0 Å². The molecule has 2 aromatic rings. The maximum absolute atomic E-state index is 12.2. The molecule has 2 aromatic carbocycles. The van der Waals surface area contributed by atoms with Crippen molar-refractivity contribution in [2.75, 3.05) is 18.6 Å². The summed E-state index contributed by atoms with van der Waals surface area (Å²) < 4.78 is 15.9. The van der Waals surface area contributed by atoms with Gasteiger partial charge in [0.25, 0.3) is 0 Å². The molecule has 1 amide bonds. The Morgan fingerprint density at radius 1 is 1.22 bits per heavy atom. The second-order valence-corrected chi connectivity index (χ2v) is 6.03. The Balaban J connectivity index is 1.64. The molecular formula is C20H18N2O5. The van der Waals surface area contributed by atoms with Crippen molar-refractivity contribution >= 4 is 17.7 Å². The summed E-state index contributed by atoms with van der Waals surface area (Å²) in [5.74, 6) is 0.139. The van der Waals surface area contributed by atoms with Gasteiger partial charge in [-0.2, -0.15) is 5.26 Å². The van der Waals surface area contributed by atoms with Crippen LogP contribution in [0.1, 0.15) is 22.8 Å². The molecule has 27 heavy (non-hydrogen) atoms. The van der Waals surface area contributed by atoms with Crippen molar-refractivity contribution in [1.29, 1.82) is 5.26 Å². The quantitative estimate of drug-likeness (QED) is 0.755. The van der Waals surface area contributed by atoms with Gasteiger partial charge in [-0.3, -0.25) is 4.90 Å². The number of rotatable bonds is 5. The van der Waals surface area contributed by atoms with Gasteiger partial charge in [0.2, 0.25) is 0 Å². The number of methoxy groups -OCH3 is 1. The molecule has 3 rings (SSSR count). The third-order valence-electron chi connectivity index (χ3n) is 4.26. The summed E-state index contributed by atoms with van der Waals surface area (Å²) in [5, 5.41) is 8.86. The summed E-state index contributed by atoms with van der Waals surface area (Å²) in [6, 6.07) is 15.3. The minimum absolute atomic E-state index is 0.339. The minimum Gasteiger partial charge on any atom is -0.487 e. The second kappa shape index (κ2) is 7.79. The number of ether oxygens (including phenoxy) is 3. The number of carbonyl (C=O) groups is 2. The van der Waals surface area contributed by atoms with Gasteiger partial charge in [-0.1, -0.05) is 0 Å². The number of nitriles is 1. The molecule has 1 aliphatic heterocycles. The Bertz CT molecular complexity index is 871. The Morgan fingerprint density at radius 2 is 1.89 bits per heavy atom. The molecule has 0 aromatic heterocycles. The first-order valence-corrected chi connectivity index (χ1v) is 8.35. The van der Waals surface area contributed by atoms with E-state index in [0.29, 0.717) is 29.1 Å². The molecular weight excluding hydrogens is 348 g/mol. The van der Waals surface area contributed by atoms with E-state index in [9.17, 15) is 9.59 Å².